The van der Waals surface area contributed by atoms with Crippen molar-refractivity contribution in [3.05, 3.63) is 11.6 Å². The summed E-state index contributed by atoms with van der Waals surface area (Å²) in [6.07, 6.45) is 3.34. The first-order chi connectivity index (χ1) is 5.35. The van der Waals surface area contributed by atoms with E-state index in [1.165, 1.54) is 0 Å². The molecular weight excluding hydrogens is 178 g/mol. The van der Waals surface area contributed by atoms with Crippen LogP contribution < -0.4 is 5.32 Å². The highest BCUT2D eigenvalue weighted by Gasteiger charge is 1.94. The van der Waals surface area contributed by atoms with Crippen molar-refractivity contribution in [1.29, 1.82) is 0 Å². The maximum Gasteiger partial charge on any atom is 0.0468 e. The van der Waals surface area contributed by atoms with Crippen LogP contribution in [-0.2, 0) is 0 Å². The Kier molecular flexibility index (Phi) is 13.1. The molecule has 0 aromatic carbocycles. The minimum absolute atomic E-state index is 0. The zero-order chi connectivity index (χ0) is 8.53. The van der Waals surface area contributed by atoms with Gasteiger partial charge in [-0.15, -0.1) is 12.4 Å². The molecule has 0 radical (unpaired) electrons. The number of halogens is 1. The van der Waals surface area contributed by atoms with Gasteiger partial charge in [-0.1, -0.05) is 11.6 Å². The molecule has 0 spiro atoms. The fraction of sp³-hybridized carbons (Fsp3) is 0.750. The Morgan fingerprint density at radius 2 is 1.75 bits per heavy atom. The third-order valence-corrected chi connectivity index (χ3v) is 1.46. The summed E-state index contributed by atoms with van der Waals surface area (Å²) in [4.78, 5) is 0. The molecule has 0 bridgehead atoms. The van der Waals surface area contributed by atoms with Gasteiger partial charge in [0.05, 0.1) is 0 Å². The molecular formula is C8H18ClNO2. The first-order valence-electron chi connectivity index (χ1n) is 3.89. The average molecular weight is 196 g/mol. The molecule has 0 heterocycles. The Morgan fingerprint density at radius 1 is 1.25 bits per heavy atom. The summed E-state index contributed by atoms with van der Waals surface area (Å²) in [6.45, 7) is 1.13. The Balaban J connectivity index is 0. The van der Waals surface area contributed by atoms with Crippen LogP contribution in [0.3, 0.4) is 0 Å². The highest BCUT2D eigenvalue weighted by Crippen LogP contribution is 2.04. The molecule has 0 saturated carbocycles. The summed E-state index contributed by atoms with van der Waals surface area (Å²) in [5, 5.41) is 20.2. The van der Waals surface area contributed by atoms with E-state index in [0.717, 1.165) is 12.1 Å². The standard InChI is InChI=1S/C8H17NO2.ClH/c1-9-5-2-8(3-6-10)4-7-11;/h2,9-11H,3-7H2,1H3;1H. The molecule has 0 atom stereocenters. The normalized spacial score (nSPS) is 8.92. The number of rotatable bonds is 6. The van der Waals surface area contributed by atoms with E-state index in [0.29, 0.717) is 12.8 Å². The molecule has 0 unspecified atom stereocenters. The van der Waals surface area contributed by atoms with Crippen LogP contribution in [0.5, 0.6) is 0 Å². The third-order valence-electron chi connectivity index (χ3n) is 1.46. The largest absolute Gasteiger partial charge is 0.396 e. The van der Waals surface area contributed by atoms with Gasteiger partial charge in [-0.3, -0.25) is 0 Å². The van der Waals surface area contributed by atoms with Crippen LogP contribution in [0.25, 0.3) is 0 Å². The molecule has 0 saturated heterocycles. The van der Waals surface area contributed by atoms with E-state index >= 15 is 0 Å². The topological polar surface area (TPSA) is 52.5 Å². The van der Waals surface area contributed by atoms with E-state index in [1.807, 2.05) is 13.1 Å². The molecule has 0 amide bonds. The summed E-state index contributed by atoms with van der Waals surface area (Å²) in [5.41, 5.74) is 1.12. The molecule has 0 rings (SSSR count). The second kappa shape index (κ2) is 10.9. The van der Waals surface area contributed by atoms with Gasteiger partial charge in [0.15, 0.2) is 0 Å². The van der Waals surface area contributed by atoms with E-state index in [4.69, 9.17) is 10.2 Å². The van der Waals surface area contributed by atoms with Gasteiger partial charge in [-0.25, -0.2) is 0 Å². The van der Waals surface area contributed by atoms with Gasteiger partial charge in [0.2, 0.25) is 0 Å². The fourth-order valence-corrected chi connectivity index (χ4v) is 0.863. The molecule has 0 aliphatic carbocycles. The second-order valence-corrected chi connectivity index (χ2v) is 2.37. The summed E-state index contributed by atoms with van der Waals surface area (Å²) in [6, 6.07) is 0. The Hall–Kier alpha value is -0.0900. The van der Waals surface area contributed by atoms with Crippen molar-refractivity contribution >= 4 is 12.4 Å². The van der Waals surface area contributed by atoms with Crippen LogP contribution in [-0.4, -0.2) is 37.0 Å². The molecule has 3 nitrogen and oxygen atoms in total. The number of likely N-dealkylation sites (N-methyl/N-ethyl adjacent to an activating group) is 1. The van der Waals surface area contributed by atoms with Crippen LogP contribution in [0, 0.1) is 0 Å². The monoisotopic (exact) mass is 195 g/mol. The lowest BCUT2D eigenvalue weighted by molar-refractivity contribution is 0.280. The summed E-state index contributed by atoms with van der Waals surface area (Å²) in [7, 11) is 1.87. The first-order valence-corrected chi connectivity index (χ1v) is 3.89. The highest BCUT2D eigenvalue weighted by atomic mass is 35.5. The molecule has 0 aromatic heterocycles. The summed E-state index contributed by atoms with van der Waals surface area (Å²) < 4.78 is 0. The van der Waals surface area contributed by atoms with Crippen LogP contribution in [0.1, 0.15) is 12.8 Å². The lowest BCUT2D eigenvalue weighted by Gasteiger charge is -2.02. The number of hydrogen-bond donors (Lipinski definition) is 3. The fourth-order valence-electron chi connectivity index (χ4n) is 0.863. The molecule has 0 aliphatic rings. The van der Waals surface area contributed by atoms with Gasteiger partial charge in [0, 0.05) is 19.8 Å². The maximum absolute atomic E-state index is 8.62. The van der Waals surface area contributed by atoms with Crippen molar-refractivity contribution in [3.8, 4) is 0 Å². The predicted molar refractivity (Wildman–Crippen MR) is 52.7 cm³/mol. The zero-order valence-electron chi connectivity index (χ0n) is 7.42. The van der Waals surface area contributed by atoms with E-state index in [9.17, 15) is 0 Å². The SMILES string of the molecule is CNCC=C(CCO)CCO.Cl. The third kappa shape index (κ3) is 8.01. The van der Waals surface area contributed by atoms with E-state index in [1.54, 1.807) is 0 Å². The zero-order valence-corrected chi connectivity index (χ0v) is 8.23. The number of aliphatic hydroxyl groups is 2. The second-order valence-electron chi connectivity index (χ2n) is 2.37. The molecule has 0 aliphatic heterocycles. The van der Waals surface area contributed by atoms with Gasteiger partial charge < -0.3 is 15.5 Å². The molecule has 12 heavy (non-hydrogen) atoms. The molecule has 0 fully saturated rings. The number of nitrogens with one attached hydrogen (secondary N) is 1. The van der Waals surface area contributed by atoms with E-state index < -0.39 is 0 Å². The lowest BCUT2D eigenvalue weighted by Crippen LogP contribution is -2.06. The Labute approximate surface area is 79.9 Å². The molecule has 3 N–H and O–H groups in total. The molecule has 0 aromatic rings. The minimum atomic E-state index is 0. The van der Waals surface area contributed by atoms with Crippen LogP contribution in [0.15, 0.2) is 11.6 Å². The Morgan fingerprint density at radius 3 is 2.08 bits per heavy atom. The first kappa shape index (κ1) is 14.4. The Bertz CT molecular complexity index is 110. The number of hydrogen-bond acceptors (Lipinski definition) is 3. The average Bonchev–Trinajstić information content (AvgIpc) is 2.01. The van der Waals surface area contributed by atoms with Crippen LogP contribution >= 0.6 is 12.4 Å². The summed E-state index contributed by atoms with van der Waals surface area (Å²) in [5.74, 6) is 0. The quantitative estimate of drug-likeness (QED) is 0.535. The van der Waals surface area contributed by atoms with Crippen molar-refractivity contribution in [1.82, 2.24) is 5.32 Å². The predicted octanol–water partition coefficient (Wildman–Crippen LogP) is 0.319. The maximum atomic E-state index is 8.62. The highest BCUT2D eigenvalue weighted by molar-refractivity contribution is 5.85. The van der Waals surface area contributed by atoms with Gasteiger partial charge >= 0.3 is 0 Å². The van der Waals surface area contributed by atoms with E-state index in [-0.39, 0.29) is 25.6 Å². The lowest BCUT2D eigenvalue weighted by atomic mass is 10.1. The van der Waals surface area contributed by atoms with E-state index in [2.05, 4.69) is 5.32 Å². The van der Waals surface area contributed by atoms with Crippen LogP contribution in [0.2, 0.25) is 0 Å². The van der Waals surface area contributed by atoms with Crippen molar-refractivity contribution in [2.24, 2.45) is 0 Å². The van der Waals surface area contributed by atoms with Crippen molar-refractivity contribution in [2.45, 2.75) is 12.8 Å². The van der Waals surface area contributed by atoms with Gasteiger partial charge in [-0.05, 0) is 19.9 Å². The van der Waals surface area contributed by atoms with Crippen LogP contribution in [0.4, 0.5) is 0 Å². The molecule has 74 valence electrons. The summed E-state index contributed by atoms with van der Waals surface area (Å²) >= 11 is 0. The van der Waals surface area contributed by atoms with Gasteiger partial charge in [0.1, 0.15) is 0 Å². The number of aliphatic hydroxyl groups excluding tert-OH is 2. The van der Waals surface area contributed by atoms with Gasteiger partial charge in [0.25, 0.3) is 0 Å². The van der Waals surface area contributed by atoms with Gasteiger partial charge in [-0.2, -0.15) is 0 Å². The van der Waals surface area contributed by atoms with Crippen molar-refractivity contribution in [2.75, 3.05) is 26.8 Å². The van der Waals surface area contributed by atoms with Crippen molar-refractivity contribution < 1.29 is 10.2 Å². The minimum Gasteiger partial charge on any atom is -0.396 e. The van der Waals surface area contributed by atoms with Crippen molar-refractivity contribution in [3.63, 3.8) is 0 Å². The smallest absolute Gasteiger partial charge is 0.0468 e. The molecule has 4 heteroatoms.